The van der Waals surface area contributed by atoms with Gasteiger partial charge in [0.05, 0.1) is 6.07 Å². The molecule has 5 nitrogen and oxygen atoms in total. The Balaban J connectivity index is 2.88. The van der Waals surface area contributed by atoms with E-state index in [0.29, 0.717) is 0 Å². The number of aromatic hydroxyl groups is 2. The van der Waals surface area contributed by atoms with Crippen LogP contribution in [0, 0.1) is 11.3 Å². The number of hydrogen-bond acceptors (Lipinski definition) is 4. The summed E-state index contributed by atoms with van der Waals surface area (Å²) in [5, 5.41) is 29.1. The molecule has 0 heterocycles. The van der Waals surface area contributed by atoms with Gasteiger partial charge in [0.15, 0.2) is 0 Å². The molecule has 1 amide bonds. The van der Waals surface area contributed by atoms with Crippen LogP contribution in [-0.2, 0) is 0 Å². The van der Waals surface area contributed by atoms with Gasteiger partial charge < -0.3 is 15.5 Å². The number of benzene rings is 1. The first-order valence-corrected chi connectivity index (χ1v) is 4.26. The van der Waals surface area contributed by atoms with Gasteiger partial charge in [-0.1, -0.05) is 0 Å². The summed E-state index contributed by atoms with van der Waals surface area (Å²) < 4.78 is 0. The molecule has 0 saturated heterocycles. The van der Waals surface area contributed by atoms with Gasteiger partial charge in [0.25, 0.3) is 5.91 Å². The van der Waals surface area contributed by atoms with Gasteiger partial charge in [0.1, 0.15) is 17.5 Å². The molecule has 0 aromatic heterocycles. The highest BCUT2D eigenvalue weighted by molar-refractivity contribution is 5.95. The van der Waals surface area contributed by atoms with E-state index >= 15 is 0 Å². The fourth-order valence-corrected chi connectivity index (χ4v) is 1.04. The van der Waals surface area contributed by atoms with E-state index < -0.39 is 11.9 Å². The number of phenols is 2. The van der Waals surface area contributed by atoms with Crippen LogP contribution in [0.3, 0.4) is 0 Å². The van der Waals surface area contributed by atoms with Gasteiger partial charge in [0.2, 0.25) is 0 Å². The SMILES string of the molecule is CC(C#N)NC(=O)c1cc(O)cc(O)c1. The minimum atomic E-state index is -0.623. The third kappa shape index (κ3) is 2.88. The van der Waals surface area contributed by atoms with Gasteiger partial charge in [-0.15, -0.1) is 0 Å². The van der Waals surface area contributed by atoms with Gasteiger partial charge in [0, 0.05) is 11.6 Å². The number of nitriles is 1. The van der Waals surface area contributed by atoms with Crippen LogP contribution in [0.15, 0.2) is 18.2 Å². The van der Waals surface area contributed by atoms with Crippen molar-refractivity contribution in [1.29, 1.82) is 5.26 Å². The van der Waals surface area contributed by atoms with Gasteiger partial charge in [-0.3, -0.25) is 4.79 Å². The Bertz CT molecular complexity index is 403. The van der Waals surface area contributed by atoms with E-state index in [0.717, 1.165) is 6.07 Å². The molecule has 3 N–H and O–H groups in total. The second-order valence-electron chi connectivity index (χ2n) is 3.06. The minimum absolute atomic E-state index is 0.106. The molecule has 0 radical (unpaired) electrons. The quantitative estimate of drug-likeness (QED) is 0.665. The number of carbonyl (C=O) groups is 1. The average Bonchev–Trinajstić information content (AvgIpc) is 2.16. The van der Waals surface area contributed by atoms with Crippen LogP contribution in [0.5, 0.6) is 11.5 Å². The lowest BCUT2D eigenvalue weighted by Crippen LogP contribution is -2.31. The summed E-state index contributed by atoms with van der Waals surface area (Å²) in [6, 6.07) is 4.75. The van der Waals surface area contributed by atoms with Crippen molar-refractivity contribution in [1.82, 2.24) is 5.32 Å². The highest BCUT2D eigenvalue weighted by atomic mass is 16.3. The first kappa shape index (κ1) is 10.9. The number of phenolic OH excluding ortho intramolecular Hbond substituents is 2. The molecule has 0 spiro atoms. The van der Waals surface area contributed by atoms with Gasteiger partial charge in [-0.25, -0.2) is 0 Å². The van der Waals surface area contributed by atoms with Crippen LogP contribution in [0.1, 0.15) is 17.3 Å². The molecular formula is C10H10N2O3. The lowest BCUT2D eigenvalue weighted by molar-refractivity contribution is 0.0947. The third-order valence-corrected chi connectivity index (χ3v) is 1.71. The van der Waals surface area contributed by atoms with Crippen LogP contribution in [0.2, 0.25) is 0 Å². The number of nitrogens with zero attached hydrogens (tertiary/aromatic N) is 1. The number of amides is 1. The van der Waals surface area contributed by atoms with Gasteiger partial charge in [-0.05, 0) is 19.1 Å². The van der Waals surface area contributed by atoms with Crippen molar-refractivity contribution in [3.8, 4) is 17.6 Å². The largest absolute Gasteiger partial charge is 0.508 e. The van der Waals surface area contributed by atoms with E-state index in [1.165, 1.54) is 19.1 Å². The number of rotatable bonds is 2. The zero-order valence-corrected chi connectivity index (χ0v) is 8.06. The Labute approximate surface area is 86.6 Å². The molecule has 0 fully saturated rings. The van der Waals surface area contributed by atoms with Crippen molar-refractivity contribution in [3.63, 3.8) is 0 Å². The molecule has 1 atom stereocenters. The molecule has 78 valence electrons. The fourth-order valence-electron chi connectivity index (χ4n) is 1.04. The second kappa shape index (κ2) is 4.33. The van der Waals surface area contributed by atoms with Crippen molar-refractivity contribution in [2.45, 2.75) is 13.0 Å². The second-order valence-corrected chi connectivity index (χ2v) is 3.06. The number of hydrogen-bond donors (Lipinski definition) is 3. The first-order valence-electron chi connectivity index (χ1n) is 4.26. The summed E-state index contributed by atoms with van der Waals surface area (Å²) in [7, 11) is 0. The molecule has 0 aliphatic rings. The molecule has 1 aromatic rings. The van der Waals surface area contributed by atoms with Gasteiger partial charge in [-0.2, -0.15) is 5.26 Å². The van der Waals surface area contributed by atoms with E-state index in [2.05, 4.69) is 5.32 Å². The Morgan fingerprint density at radius 2 is 1.93 bits per heavy atom. The zero-order chi connectivity index (χ0) is 11.4. The van der Waals surface area contributed by atoms with Crippen LogP contribution in [0.25, 0.3) is 0 Å². The Kier molecular flexibility index (Phi) is 3.13. The third-order valence-electron chi connectivity index (χ3n) is 1.71. The van der Waals surface area contributed by atoms with Crippen LogP contribution in [0.4, 0.5) is 0 Å². The maximum absolute atomic E-state index is 11.4. The molecule has 0 saturated carbocycles. The zero-order valence-electron chi connectivity index (χ0n) is 8.06. The summed E-state index contributed by atoms with van der Waals surface area (Å²) >= 11 is 0. The Hall–Kier alpha value is -2.22. The summed E-state index contributed by atoms with van der Waals surface area (Å²) in [6.45, 7) is 1.53. The van der Waals surface area contributed by atoms with Crippen LogP contribution in [-0.4, -0.2) is 22.2 Å². The van der Waals surface area contributed by atoms with E-state index in [1.807, 2.05) is 6.07 Å². The van der Waals surface area contributed by atoms with Crippen molar-refractivity contribution < 1.29 is 15.0 Å². The van der Waals surface area contributed by atoms with Gasteiger partial charge >= 0.3 is 0 Å². The summed E-state index contributed by atoms with van der Waals surface area (Å²) in [5.74, 6) is -0.926. The lowest BCUT2D eigenvalue weighted by atomic mass is 10.2. The van der Waals surface area contributed by atoms with Crippen molar-refractivity contribution in [3.05, 3.63) is 23.8 Å². The Morgan fingerprint density at radius 1 is 1.40 bits per heavy atom. The standard InChI is InChI=1S/C10H10N2O3/c1-6(5-11)12-10(15)7-2-8(13)4-9(14)3-7/h2-4,6,13-14H,1H3,(H,12,15). The van der Waals surface area contributed by atoms with Crippen LogP contribution < -0.4 is 5.32 Å². The predicted molar refractivity (Wildman–Crippen MR) is 52.3 cm³/mol. The minimum Gasteiger partial charge on any atom is -0.508 e. The average molecular weight is 206 g/mol. The fraction of sp³-hybridized carbons (Fsp3) is 0.200. The number of carbonyl (C=O) groups excluding carboxylic acids is 1. The van der Waals surface area contributed by atoms with Crippen molar-refractivity contribution in [2.24, 2.45) is 0 Å². The molecule has 0 aliphatic heterocycles. The summed E-state index contributed by atoms with van der Waals surface area (Å²) in [4.78, 5) is 11.4. The normalized spacial score (nSPS) is 11.5. The smallest absolute Gasteiger partial charge is 0.252 e. The molecule has 1 unspecified atom stereocenters. The molecule has 5 heteroatoms. The molecule has 0 bridgehead atoms. The van der Waals surface area contributed by atoms with Crippen molar-refractivity contribution >= 4 is 5.91 Å². The van der Waals surface area contributed by atoms with Crippen LogP contribution >= 0.6 is 0 Å². The maximum Gasteiger partial charge on any atom is 0.252 e. The first-order chi connectivity index (χ1) is 7.02. The van der Waals surface area contributed by atoms with E-state index in [-0.39, 0.29) is 17.1 Å². The molecule has 0 aliphatic carbocycles. The topological polar surface area (TPSA) is 93.4 Å². The molecule has 1 rings (SSSR count). The molecule has 1 aromatic carbocycles. The Morgan fingerprint density at radius 3 is 2.40 bits per heavy atom. The van der Waals surface area contributed by atoms with E-state index in [4.69, 9.17) is 15.5 Å². The van der Waals surface area contributed by atoms with E-state index in [1.54, 1.807) is 0 Å². The summed E-state index contributed by atoms with van der Waals surface area (Å²) in [5.41, 5.74) is 0.106. The highest BCUT2D eigenvalue weighted by Gasteiger charge is 2.10. The highest BCUT2D eigenvalue weighted by Crippen LogP contribution is 2.20. The lowest BCUT2D eigenvalue weighted by Gasteiger charge is -2.06. The molecular weight excluding hydrogens is 196 g/mol. The number of nitrogens with one attached hydrogen (secondary N) is 1. The molecule has 15 heavy (non-hydrogen) atoms. The van der Waals surface area contributed by atoms with Crippen molar-refractivity contribution in [2.75, 3.05) is 0 Å². The van der Waals surface area contributed by atoms with E-state index in [9.17, 15) is 4.79 Å². The summed E-state index contributed by atoms with van der Waals surface area (Å²) in [6.07, 6.45) is 0. The maximum atomic E-state index is 11.4. The monoisotopic (exact) mass is 206 g/mol. The predicted octanol–water partition coefficient (Wildman–Crippen LogP) is 0.740.